The molecule has 0 bridgehead atoms. The minimum Gasteiger partial charge on any atom is -0.384 e. The molecule has 1 aromatic heterocycles. The van der Waals surface area contributed by atoms with Crippen molar-refractivity contribution in [2.75, 3.05) is 0 Å². The van der Waals surface area contributed by atoms with Gasteiger partial charge in [0.15, 0.2) is 0 Å². The molecule has 0 amide bonds. The lowest BCUT2D eigenvalue weighted by molar-refractivity contribution is 0.220. The lowest BCUT2D eigenvalue weighted by Gasteiger charge is -2.26. The monoisotopic (exact) mass is 322 g/mol. The van der Waals surface area contributed by atoms with Gasteiger partial charge in [0.05, 0.1) is 3.79 Å². The third kappa shape index (κ3) is 2.40. The van der Waals surface area contributed by atoms with E-state index in [4.69, 9.17) is 0 Å². The molecule has 1 atom stereocenters. The summed E-state index contributed by atoms with van der Waals surface area (Å²) in [6.45, 7) is 0. The van der Waals surface area contributed by atoms with Gasteiger partial charge in [-0.2, -0.15) is 0 Å². The van der Waals surface area contributed by atoms with Gasteiger partial charge in [-0.1, -0.05) is 30.7 Å². The number of hydrogen-bond acceptors (Lipinski definition) is 2. The van der Waals surface area contributed by atoms with Gasteiger partial charge in [0.1, 0.15) is 6.10 Å². The Morgan fingerprint density at radius 2 is 1.89 bits per heavy atom. The number of hydrogen-bond donors (Lipinski definition) is 1. The summed E-state index contributed by atoms with van der Waals surface area (Å²) in [6.07, 6.45) is 3.49. The van der Waals surface area contributed by atoms with E-state index in [0.29, 0.717) is 0 Å². The maximum Gasteiger partial charge on any atom is 0.105 e. The van der Waals surface area contributed by atoms with Crippen LogP contribution < -0.4 is 0 Å². The number of benzene rings is 1. The molecule has 2 aromatic rings. The molecule has 0 spiro atoms. The summed E-state index contributed by atoms with van der Waals surface area (Å²) in [5.74, 6) is 0.756. The highest BCUT2D eigenvalue weighted by Gasteiger charge is 2.19. The van der Waals surface area contributed by atoms with E-state index < -0.39 is 6.10 Å². The molecular weight excluding hydrogens is 308 g/mol. The molecule has 1 N–H and O–H groups in total. The van der Waals surface area contributed by atoms with Crippen LogP contribution in [0.1, 0.15) is 48.0 Å². The topological polar surface area (TPSA) is 20.2 Å². The highest BCUT2D eigenvalue weighted by atomic mass is 79.9. The van der Waals surface area contributed by atoms with Crippen LogP contribution in [0.2, 0.25) is 0 Å². The first kappa shape index (κ1) is 12.4. The standard InChI is InChI=1S/C15H15BrOS/c16-14-8-13(9-18-14)15(17)12-6-4-11(5-7-12)10-2-1-3-10/h4-10,15,17H,1-3H2. The number of rotatable bonds is 3. The van der Waals surface area contributed by atoms with Crippen LogP contribution in [-0.2, 0) is 0 Å². The van der Waals surface area contributed by atoms with Gasteiger partial charge >= 0.3 is 0 Å². The molecule has 18 heavy (non-hydrogen) atoms. The van der Waals surface area contributed by atoms with E-state index in [1.807, 2.05) is 11.4 Å². The Kier molecular flexibility index (Phi) is 3.55. The van der Waals surface area contributed by atoms with Crippen LogP contribution in [0.3, 0.4) is 0 Å². The normalized spacial score (nSPS) is 17.4. The van der Waals surface area contributed by atoms with Gasteiger partial charge in [0.25, 0.3) is 0 Å². The Morgan fingerprint density at radius 3 is 2.39 bits per heavy atom. The molecule has 1 unspecified atom stereocenters. The Bertz CT molecular complexity index is 528. The quantitative estimate of drug-likeness (QED) is 0.855. The van der Waals surface area contributed by atoms with Crippen LogP contribution >= 0.6 is 27.3 Å². The summed E-state index contributed by atoms with van der Waals surface area (Å²) in [7, 11) is 0. The number of aliphatic hydroxyl groups excluding tert-OH is 1. The van der Waals surface area contributed by atoms with E-state index in [1.54, 1.807) is 11.3 Å². The van der Waals surface area contributed by atoms with Gasteiger partial charge in [-0.05, 0) is 62.8 Å². The average molecular weight is 323 g/mol. The Morgan fingerprint density at radius 1 is 1.17 bits per heavy atom. The highest BCUT2D eigenvalue weighted by Crippen LogP contribution is 2.37. The molecule has 3 heteroatoms. The molecule has 0 radical (unpaired) electrons. The molecule has 1 aliphatic rings. The molecule has 1 fully saturated rings. The molecule has 0 aliphatic heterocycles. The molecule has 1 heterocycles. The summed E-state index contributed by atoms with van der Waals surface area (Å²) < 4.78 is 1.06. The first-order valence-corrected chi connectivity index (χ1v) is 7.93. The zero-order valence-corrected chi connectivity index (χ0v) is 12.4. The summed E-state index contributed by atoms with van der Waals surface area (Å²) >= 11 is 5.03. The summed E-state index contributed by atoms with van der Waals surface area (Å²) in [4.78, 5) is 0. The fourth-order valence-corrected chi connectivity index (χ4v) is 3.55. The largest absolute Gasteiger partial charge is 0.384 e. The average Bonchev–Trinajstić information content (AvgIpc) is 2.74. The van der Waals surface area contributed by atoms with Crippen molar-refractivity contribution < 1.29 is 5.11 Å². The Balaban J connectivity index is 1.79. The first-order valence-electron chi connectivity index (χ1n) is 6.26. The Hall–Kier alpha value is -0.640. The molecule has 0 saturated heterocycles. The summed E-state index contributed by atoms with van der Waals surface area (Å²) in [5.41, 5.74) is 3.36. The molecule has 1 aliphatic carbocycles. The van der Waals surface area contributed by atoms with E-state index >= 15 is 0 Å². The van der Waals surface area contributed by atoms with Crippen LogP contribution in [0.5, 0.6) is 0 Å². The van der Waals surface area contributed by atoms with Crippen molar-refractivity contribution in [3.05, 3.63) is 56.2 Å². The molecular formula is C15H15BrOS. The zero-order valence-electron chi connectivity index (χ0n) is 9.97. The number of aliphatic hydroxyl groups is 1. The number of halogens is 1. The van der Waals surface area contributed by atoms with Crippen molar-refractivity contribution in [1.29, 1.82) is 0 Å². The third-order valence-corrected chi connectivity index (χ3v) is 5.25. The van der Waals surface area contributed by atoms with E-state index in [2.05, 4.69) is 40.2 Å². The van der Waals surface area contributed by atoms with Crippen molar-refractivity contribution in [2.24, 2.45) is 0 Å². The van der Waals surface area contributed by atoms with Gasteiger partial charge in [0.2, 0.25) is 0 Å². The fourth-order valence-electron chi connectivity index (χ4n) is 2.35. The Labute approximate surface area is 120 Å². The van der Waals surface area contributed by atoms with E-state index in [0.717, 1.165) is 20.8 Å². The van der Waals surface area contributed by atoms with E-state index in [9.17, 15) is 5.11 Å². The van der Waals surface area contributed by atoms with E-state index in [-0.39, 0.29) is 0 Å². The molecule has 3 rings (SSSR count). The SMILES string of the molecule is OC(c1ccc(C2CCC2)cc1)c1csc(Br)c1. The smallest absolute Gasteiger partial charge is 0.105 e. The van der Waals surface area contributed by atoms with Gasteiger partial charge in [-0.15, -0.1) is 11.3 Å². The second-order valence-electron chi connectivity index (χ2n) is 4.88. The van der Waals surface area contributed by atoms with Crippen LogP contribution in [0.25, 0.3) is 0 Å². The van der Waals surface area contributed by atoms with Crippen LogP contribution in [0.15, 0.2) is 39.5 Å². The maximum absolute atomic E-state index is 10.3. The second-order valence-corrected chi connectivity index (χ2v) is 7.17. The van der Waals surface area contributed by atoms with Crippen molar-refractivity contribution in [3.8, 4) is 0 Å². The fraction of sp³-hybridized carbons (Fsp3) is 0.333. The first-order chi connectivity index (χ1) is 8.74. The lowest BCUT2D eigenvalue weighted by Crippen LogP contribution is -2.08. The van der Waals surface area contributed by atoms with Crippen LogP contribution in [-0.4, -0.2) is 5.11 Å². The second kappa shape index (κ2) is 5.16. The molecule has 94 valence electrons. The predicted octanol–water partition coefficient (Wildman–Crippen LogP) is 4.86. The maximum atomic E-state index is 10.3. The van der Waals surface area contributed by atoms with E-state index in [1.165, 1.54) is 24.8 Å². The molecule has 1 nitrogen and oxygen atoms in total. The van der Waals surface area contributed by atoms with Crippen molar-refractivity contribution in [2.45, 2.75) is 31.3 Å². The van der Waals surface area contributed by atoms with Gasteiger partial charge in [-0.3, -0.25) is 0 Å². The third-order valence-electron chi connectivity index (χ3n) is 3.73. The number of thiophene rings is 1. The van der Waals surface area contributed by atoms with Crippen molar-refractivity contribution in [3.63, 3.8) is 0 Å². The van der Waals surface area contributed by atoms with Crippen LogP contribution in [0, 0.1) is 0 Å². The predicted molar refractivity (Wildman–Crippen MR) is 79.1 cm³/mol. The van der Waals surface area contributed by atoms with Gasteiger partial charge < -0.3 is 5.11 Å². The minimum absolute atomic E-state index is 0.511. The zero-order chi connectivity index (χ0) is 12.5. The summed E-state index contributed by atoms with van der Waals surface area (Å²) in [5, 5.41) is 12.3. The van der Waals surface area contributed by atoms with Crippen molar-refractivity contribution in [1.82, 2.24) is 0 Å². The van der Waals surface area contributed by atoms with Crippen molar-refractivity contribution >= 4 is 27.3 Å². The minimum atomic E-state index is -0.511. The van der Waals surface area contributed by atoms with Gasteiger partial charge in [0, 0.05) is 0 Å². The summed E-state index contributed by atoms with van der Waals surface area (Å²) in [6, 6.07) is 10.4. The molecule has 1 saturated carbocycles. The van der Waals surface area contributed by atoms with Crippen LogP contribution in [0.4, 0.5) is 0 Å². The van der Waals surface area contributed by atoms with Gasteiger partial charge in [-0.25, -0.2) is 0 Å². The molecule has 1 aromatic carbocycles. The highest BCUT2D eigenvalue weighted by molar-refractivity contribution is 9.11. The lowest BCUT2D eigenvalue weighted by atomic mass is 9.80.